The van der Waals surface area contributed by atoms with Gasteiger partial charge in [0.05, 0.1) is 13.3 Å². The van der Waals surface area contributed by atoms with Crippen LogP contribution in [0, 0.1) is 0 Å². The Balaban J connectivity index is 1.63. The van der Waals surface area contributed by atoms with Crippen molar-refractivity contribution in [2.45, 2.75) is 24.8 Å². The molecule has 2 aliphatic rings. The third-order valence-electron chi connectivity index (χ3n) is 4.23. The number of hydrogen-bond acceptors (Lipinski definition) is 6. The van der Waals surface area contributed by atoms with Crippen LogP contribution in [0.5, 0.6) is 5.75 Å². The summed E-state index contributed by atoms with van der Waals surface area (Å²) in [6, 6.07) is 7.77. The molecule has 1 saturated carbocycles. The van der Waals surface area contributed by atoms with E-state index in [0.717, 1.165) is 24.2 Å². The first kappa shape index (κ1) is 15.1. The van der Waals surface area contributed by atoms with Crippen LogP contribution in [0.4, 0.5) is 5.13 Å². The van der Waals surface area contributed by atoms with E-state index in [1.165, 1.54) is 24.6 Å². The molecule has 0 spiro atoms. The molecule has 0 radical (unpaired) electrons. The van der Waals surface area contributed by atoms with E-state index in [1.807, 2.05) is 24.3 Å². The second kappa shape index (κ2) is 5.90. The van der Waals surface area contributed by atoms with E-state index in [1.54, 1.807) is 4.90 Å². The van der Waals surface area contributed by atoms with E-state index in [9.17, 15) is 9.59 Å². The first-order valence-corrected chi connectivity index (χ1v) is 8.59. The second-order valence-electron chi connectivity index (χ2n) is 5.84. The lowest BCUT2D eigenvalue weighted by molar-refractivity contribution is -0.120. The van der Waals surface area contributed by atoms with Crippen molar-refractivity contribution in [2.75, 3.05) is 18.6 Å². The van der Waals surface area contributed by atoms with Gasteiger partial charge in [-0.05, 0) is 18.9 Å². The van der Waals surface area contributed by atoms with E-state index >= 15 is 0 Å². The first-order chi connectivity index (χ1) is 11.7. The minimum Gasteiger partial charge on any atom is -0.492 e. The molecule has 1 fully saturated rings. The summed E-state index contributed by atoms with van der Waals surface area (Å²) in [5.41, 5.74) is 0.915. The van der Waals surface area contributed by atoms with Gasteiger partial charge >= 0.3 is 5.97 Å². The third-order valence-corrected chi connectivity index (χ3v) is 5.21. The molecule has 2 aromatic rings. The van der Waals surface area contributed by atoms with Crippen LogP contribution in [0.1, 0.15) is 34.0 Å². The van der Waals surface area contributed by atoms with Gasteiger partial charge in [-0.3, -0.25) is 9.69 Å². The maximum Gasteiger partial charge on any atom is 0.349 e. The fourth-order valence-corrected chi connectivity index (χ4v) is 3.78. The van der Waals surface area contributed by atoms with Gasteiger partial charge in [0, 0.05) is 11.6 Å². The van der Waals surface area contributed by atoms with Gasteiger partial charge in [0.25, 0.3) is 0 Å². The normalized spacial score (nSPS) is 18.6. The van der Waals surface area contributed by atoms with Crippen molar-refractivity contribution in [1.82, 2.24) is 4.98 Å². The Hall–Kier alpha value is -2.41. The lowest BCUT2D eigenvalue weighted by atomic mass is 10.00. The van der Waals surface area contributed by atoms with E-state index in [2.05, 4.69) is 4.98 Å². The van der Waals surface area contributed by atoms with Gasteiger partial charge < -0.3 is 9.47 Å². The number of thiazole rings is 1. The molecule has 0 unspecified atom stereocenters. The quantitative estimate of drug-likeness (QED) is 0.798. The van der Waals surface area contributed by atoms with Crippen LogP contribution in [-0.4, -0.2) is 36.6 Å². The molecule has 0 bridgehead atoms. The number of amides is 1. The van der Waals surface area contributed by atoms with Crippen LogP contribution < -0.4 is 9.64 Å². The number of anilines is 1. The summed E-state index contributed by atoms with van der Waals surface area (Å²) in [4.78, 5) is 31.2. The third kappa shape index (κ3) is 2.54. The fourth-order valence-electron chi connectivity index (χ4n) is 2.87. The molecule has 0 saturated heterocycles. The Kier molecular flexibility index (Phi) is 3.72. The molecule has 1 aliphatic heterocycles. The highest BCUT2D eigenvalue weighted by molar-refractivity contribution is 7.17. The lowest BCUT2D eigenvalue weighted by Gasteiger charge is -2.22. The van der Waals surface area contributed by atoms with Gasteiger partial charge in [0.15, 0.2) is 5.13 Å². The van der Waals surface area contributed by atoms with Crippen molar-refractivity contribution < 1.29 is 19.1 Å². The molecule has 0 N–H and O–H groups in total. The standard InChI is InChI=1S/C17H16N2O4S/c1-22-16(21)14-8-18-17(24-14)19(10-6-7-10)15(20)12-9-23-13-5-3-2-4-11(12)13/h2-5,8,10,12H,6-7,9H2,1H3/t12-/m0/s1. The minimum absolute atomic E-state index is 0.0202. The Bertz CT molecular complexity index is 799. The van der Waals surface area contributed by atoms with Crippen LogP contribution in [0.25, 0.3) is 0 Å². The Labute approximate surface area is 143 Å². The number of para-hydroxylation sites is 1. The van der Waals surface area contributed by atoms with Crippen molar-refractivity contribution in [1.29, 1.82) is 0 Å². The molecule has 4 rings (SSSR count). The van der Waals surface area contributed by atoms with Gasteiger partial charge in [-0.15, -0.1) is 0 Å². The second-order valence-corrected chi connectivity index (χ2v) is 6.85. The van der Waals surface area contributed by atoms with Crippen molar-refractivity contribution in [3.05, 3.63) is 40.9 Å². The molecular weight excluding hydrogens is 328 g/mol. The number of rotatable bonds is 4. The van der Waals surface area contributed by atoms with Crippen LogP contribution in [0.2, 0.25) is 0 Å². The monoisotopic (exact) mass is 344 g/mol. The summed E-state index contributed by atoms with van der Waals surface area (Å²) in [6.07, 6.45) is 3.37. The lowest BCUT2D eigenvalue weighted by Crippen LogP contribution is -2.37. The molecular formula is C17H16N2O4S. The summed E-state index contributed by atoms with van der Waals surface area (Å²) >= 11 is 1.19. The average Bonchev–Trinajstić information content (AvgIpc) is 3.15. The fraction of sp³-hybridized carbons (Fsp3) is 0.353. The predicted octanol–water partition coefficient (Wildman–Crippen LogP) is 2.60. The van der Waals surface area contributed by atoms with Crippen molar-refractivity contribution >= 4 is 28.3 Å². The molecule has 124 valence electrons. The van der Waals surface area contributed by atoms with E-state index in [0.29, 0.717) is 16.6 Å². The highest BCUT2D eigenvalue weighted by Gasteiger charge is 2.41. The number of fused-ring (bicyclic) bond motifs is 1. The van der Waals surface area contributed by atoms with Gasteiger partial charge in [-0.1, -0.05) is 29.5 Å². The molecule has 2 heterocycles. The van der Waals surface area contributed by atoms with E-state index in [4.69, 9.17) is 9.47 Å². The molecule has 1 atom stereocenters. The van der Waals surface area contributed by atoms with Crippen LogP contribution in [-0.2, 0) is 9.53 Å². The number of carbonyl (C=O) groups excluding carboxylic acids is 2. The zero-order valence-electron chi connectivity index (χ0n) is 13.1. The Morgan fingerprint density at radius 1 is 1.33 bits per heavy atom. The van der Waals surface area contributed by atoms with Gasteiger partial charge in [0.1, 0.15) is 23.2 Å². The largest absolute Gasteiger partial charge is 0.492 e. The maximum atomic E-state index is 13.1. The zero-order chi connectivity index (χ0) is 16.7. The van der Waals surface area contributed by atoms with Crippen LogP contribution in [0.15, 0.2) is 30.5 Å². The van der Waals surface area contributed by atoms with Gasteiger partial charge in [0.2, 0.25) is 5.91 Å². The first-order valence-electron chi connectivity index (χ1n) is 7.78. The smallest absolute Gasteiger partial charge is 0.349 e. The minimum atomic E-state index is -0.434. The SMILES string of the molecule is COC(=O)c1cnc(N(C(=O)[C@H]2COc3ccccc32)C2CC2)s1. The molecule has 1 aromatic heterocycles. The predicted molar refractivity (Wildman–Crippen MR) is 88.6 cm³/mol. The molecule has 1 aliphatic carbocycles. The number of benzene rings is 1. The molecule has 1 aromatic carbocycles. The molecule has 6 nitrogen and oxygen atoms in total. The molecule has 7 heteroatoms. The highest BCUT2D eigenvalue weighted by Crippen LogP contribution is 2.40. The topological polar surface area (TPSA) is 68.7 Å². The van der Waals surface area contributed by atoms with Crippen molar-refractivity contribution in [3.63, 3.8) is 0 Å². The summed E-state index contributed by atoms with van der Waals surface area (Å²) in [6.45, 7) is 0.344. The summed E-state index contributed by atoms with van der Waals surface area (Å²) in [5, 5.41) is 0.548. The summed E-state index contributed by atoms with van der Waals surface area (Å²) in [7, 11) is 1.33. The highest BCUT2D eigenvalue weighted by atomic mass is 32.1. The van der Waals surface area contributed by atoms with Crippen molar-refractivity contribution in [3.8, 4) is 5.75 Å². The summed E-state index contributed by atoms with van der Waals surface area (Å²) < 4.78 is 10.4. The van der Waals surface area contributed by atoms with E-state index < -0.39 is 5.97 Å². The number of carbonyl (C=O) groups is 2. The number of aromatic nitrogens is 1. The van der Waals surface area contributed by atoms with Gasteiger partial charge in [-0.25, -0.2) is 9.78 Å². The van der Waals surface area contributed by atoms with Crippen molar-refractivity contribution in [2.24, 2.45) is 0 Å². The zero-order valence-corrected chi connectivity index (χ0v) is 13.9. The maximum absolute atomic E-state index is 13.1. The number of methoxy groups -OCH3 is 1. The van der Waals surface area contributed by atoms with Gasteiger partial charge in [-0.2, -0.15) is 0 Å². The number of hydrogen-bond donors (Lipinski definition) is 0. The number of esters is 1. The van der Waals surface area contributed by atoms with E-state index in [-0.39, 0.29) is 17.9 Å². The summed E-state index contributed by atoms with van der Waals surface area (Å²) in [5.74, 6) is -0.0158. The molecule has 24 heavy (non-hydrogen) atoms. The van der Waals surface area contributed by atoms with Crippen LogP contribution in [0.3, 0.4) is 0 Å². The molecule has 1 amide bonds. The van der Waals surface area contributed by atoms with Crippen LogP contribution >= 0.6 is 11.3 Å². The Morgan fingerprint density at radius 3 is 2.88 bits per heavy atom. The number of ether oxygens (including phenoxy) is 2. The number of nitrogens with zero attached hydrogens (tertiary/aromatic N) is 2. The average molecular weight is 344 g/mol. The Morgan fingerprint density at radius 2 is 2.12 bits per heavy atom.